The van der Waals surface area contributed by atoms with E-state index in [9.17, 15) is 0 Å². The topological polar surface area (TPSA) is 91.7 Å². The van der Waals surface area contributed by atoms with Crippen molar-refractivity contribution in [2.45, 2.75) is 20.5 Å². The Hall–Kier alpha value is -4.27. The fourth-order valence-corrected chi connectivity index (χ4v) is 3.69. The molecule has 0 aliphatic heterocycles. The number of oxime groups is 1. The highest BCUT2D eigenvalue weighted by Gasteiger charge is 2.19. The number of methoxy groups -OCH3 is 1. The lowest BCUT2D eigenvalue weighted by atomic mass is 10.2. The van der Waals surface area contributed by atoms with Crippen molar-refractivity contribution in [1.82, 2.24) is 29.1 Å². The maximum Gasteiger partial charge on any atom is 0.192 e. The van der Waals surface area contributed by atoms with Crippen molar-refractivity contribution < 1.29 is 9.57 Å². The highest BCUT2D eigenvalue weighted by Crippen LogP contribution is 2.29. The average molecular weight is 427 g/mol. The Morgan fingerprint density at radius 2 is 1.88 bits per heavy atom. The van der Waals surface area contributed by atoms with Crippen LogP contribution in [0.5, 0.6) is 5.75 Å². The summed E-state index contributed by atoms with van der Waals surface area (Å²) in [4.78, 5) is 19.2. The van der Waals surface area contributed by atoms with Gasteiger partial charge in [0.2, 0.25) is 0 Å². The number of hydrogen-bond acceptors (Lipinski definition) is 7. The van der Waals surface area contributed by atoms with Gasteiger partial charge in [0.15, 0.2) is 23.7 Å². The number of nitrogens with zero attached hydrogens (tertiary/aromatic N) is 7. The van der Waals surface area contributed by atoms with Crippen LogP contribution in [0, 0.1) is 13.8 Å². The minimum absolute atomic E-state index is 0.133. The zero-order valence-electron chi connectivity index (χ0n) is 17.9. The number of pyridine rings is 1. The van der Waals surface area contributed by atoms with E-state index in [1.165, 1.54) is 0 Å². The van der Waals surface area contributed by atoms with Gasteiger partial charge in [0.05, 0.1) is 18.7 Å². The van der Waals surface area contributed by atoms with Crippen molar-refractivity contribution in [2.75, 3.05) is 7.11 Å². The van der Waals surface area contributed by atoms with E-state index in [1.54, 1.807) is 30.4 Å². The number of benzene rings is 1. The van der Waals surface area contributed by atoms with Crippen LogP contribution in [0.4, 0.5) is 0 Å². The van der Waals surface area contributed by atoms with E-state index in [2.05, 4.69) is 39.1 Å². The van der Waals surface area contributed by atoms with E-state index in [0.717, 1.165) is 45.1 Å². The molecule has 9 heteroatoms. The van der Waals surface area contributed by atoms with Crippen molar-refractivity contribution in [1.29, 1.82) is 0 Å². The maximum atomic E-state index is 5.43. The van der Waals surface area contributed by atoms with Crippen molar-refractivity contribution in [3.05, 3.63) is 77.6 Å². The first-order chi connectivity index (χ1) is 15.7. The number of ether oxygens (including phenoxy) is 1. The zero-order valence-corrected chi connectivity index (χ0v) is 17.9. The second-order valence-electron chi connectivity index (χ2n) is 7.22. The van der Waals surface area contributed by atoms with Crippen LogP contribution in [0.1, 0.15) is 22.6 Å². The number of hydrogen-bond donors (Lipinski definition) is 0. The van der Waals surface area contributed by atoms with Crippen molar-refractivity contribution in [3.8, 4) is 11.6 Å². The van der Waals surface area contributed by atoms with E-state index in [1.807, 2.05) is 47.0 Å². The summed E-state index contributed by atoms with van der Waals surface area (Å²) >= 11 is 0. The van der Waals surface area contributed by atoms with Crippen molar-refractivity contribution in [3.63, 3.8) is 0 Å². The summed E-state index contributed by atoms with van der Waals surface area (Å²) in [5.74, 6) is 2.05. The van der Waals surface area contributed by atoms with Gasteiger partial charge in [-0.25, -0.2) is 19.5 Å². The van der Waals surface area contributed by atoms with Crippen LogP contribution in [-0.4, -0.2) is 42.5 Å². The third kappa shape index (κ3) is 3.33. The Morgan fingerprint density at radius 1 is 1.03 bits per heavy atom. The normalized spacial score (nSPS) is 11.6. The molecule has 4 heterocycles. The molecule has 1 aromatic carbocycles. The first-order valence-corrected chi connectivity index (χ1v) is 10.1. The van der Waals surface area contributed by atoms with Gasteiger partial charge >= 0.3 is 0 Å². The second-order valence-corrected chi connectivity index (χ2v) is 7.22. The van der Waals surface area contributed by atoms with Gasteiger partial charge in [0.1, 0.15) is 17.9 Å². The van der Waals surface area contributed by atoms with Gasteiger partial charge < -0.3 is 9.57 Å². The number of fused-ring (bicyclic) bond motifs is 3. The van der Waals surface area contributed by atoms with E-state index in [4.69, 9.17) is 9.57 Å². The fourth-order valence-electron chi connectivity index (χ4n) is 3.69. The molecule has 32 heavy (non-hydrogen) atoms. The first-order valence-electron chi connectivity index (χ1n) is 10.1. The largest absolute Gasteiger partial charge is 0.496 e. The Bertz CT molecular complexity index is 1440. The van der Waals surface area contributed by atoms with Crippen molar-refractivity contribution in [2.24, 2.45) is 5.16 Å². The summed E-state index contributed by atoms with van der Waals surface area (Å²) in [6.45, 7) is 4.24. The van der Waals surface area contributed by atoms with Crippen LogP contribution < -0.4 is 4.74 Å². The number of rotatable bonds is 6. The summed E-state index contributed by atoms with van der Waals surface area (Å²) < 4.78 is 9.01. The van der Waals surface area contributed by atoms with Gasteiger partial charge in [-0.1, -0.05) is 23.4 Å². The molecule has 0 fully saturated rings. The molecule has 0 N–H and O–H groups in total. The van der Waals surface area contributed by atoms with Crippen molar-refractivity contribution >= 4 is 22.9 Å². The predicted molar refractivity (Wildman–Crippen MR) is 120 cm³/mol. The van der Waals surface area contributed by atoms with Gasteiger partial charge in [0, 0.05) is 17.5 Å². The molecule has 0 aliphatic rings. The minimum atomic E-state index is 0.133. The predicted octanol–water partition coefficient (Wildman–Crippen LogP) is 3.64. The smallest absolute Gasteiger partial charge is 0.192 e. The quantitative estimate of drug-likeness (QED) is 0.303. The monoisotopic (exact) mass is 427 g/mol. The molecule has 0 radical (unpaired) electrons. The fraction of sp³-hybridized carbons (Fsp3) is 0.174. The molecule has 160 valence electrons. The highest BCUT2D eigenvalue weighted by atomic mass is 16.6. The third-order valence-electron chi connectivity index (χ3n) is 5.35. The van der Waals surface area contributed by atoms with Crippen LogP contribution in [0.3, 0.4) is 0 Å². The lowest BCUT2D eigenvalue weighted by Gasteiger charge is -2.05. The number of para-hydroxylation sites is 1. The van der Waals surface area contributed by atoms with Gasteiger partial charge in [-0.3, -0.25) is 4.57 Å². The van der Waals surface area contributed by atoms with Crippen LogP contribution >= 0.6 is 0 Å². The standard InChI is InChI=1S/C23H21N7O2/c1-15-16(2)30(20-10-6-7-11-24-20)22-21(15)23-27-19(28-29(23)14-25-22)13-32-26-12-17-8-4-5-9-18(17)31-3/h4-12,14H,13H2,1-3H3. The first kappa shape index (κ1) is 19.7. The Morgan fingerprint density at radius 3 is 2.69 bits per heavy atom. The maximum absolute atomic E-state index is 5.43. The Balaban J connectivity index is 1.45. The lowest BCUT2D eigenvalue weighted by molar-refractivity contribution is 0.126. The molecule has 9 nitrogen and oxygen atoms in total. The molecular formula is C23H21N7O2. The van der Waals surface area contributed by atoms with E-state index in [-0.39, 0.29) is 6.61 Å². The molecule has 0 spiro atoms. The second kappa shape index (κ2) is 8.10. The van der Waals surface area contributed by atoms with E-state index >= 15 is 0 Å². The molecule has 5 aromatic rings. The average Bonchev–Trinajstić information content (AvgIpc) is 3.35. The molecule has 4 aromatic heterocycles. The zero-order chi connectivity index (χ0) is 22.1. The molecule has 0 saturated carbocycles. The molecule has 0 bridgehead atoms. The van der Waals surface area contributed by atoms with Gasteiger partial charge in [-0.05, 0) is 43.7 Å². The van der Waals surface area contributed by atoms with E-state index in [0.29, 0.717) is 5.82 Å². The van der Waals surface area contributed by atoms with Crippen LogP contribution in [0.25, 0.3) is 22.5 Å². The summed E-state index contributed by atoms with van der Waals surface area (Å²) in [6.07, 6.45) is 5.03. The van der Waals surface area contributed by atoms with Crippen LogP contribution in [0.15, 0.2) is 60.1 Å². The number of aromatic nitrogens is 6. The van der Waals surface area contributed by atoms with Crippen LogP contribution in [-0.2, 0) is 11.4 Å². The molecule has 5 rings (SSSR count). The lowest BCUT2D eigenvalue weighted by Crippen LogP contribution is -2.01. The molecular weight excluding hydrogens is 406 g/mol. The summed E-state index contributed by atoms with van der Waals surface area (Å²) in [7, 11) is 1.62. The molecule has 0 amide bonds. The summed E-state index contributed by atoms with van der Waals surface area (Å²) in [5.41, 5.74) is 4.48. The molecule has 0 aliphatic carbocycles. The molecule has 0 atom stereocenters. The number of aryl methyl sites for hydroxylation is 1. The summed E-state index contributed by atoms with van der Waals surface area (Å²) in [6, 6.07) is 13.4. The summed E-state index contributed by atoms with van der Waals surface area (Å²) in [5, 5.41) is 9.46. The van der Waals surface area contributed by atoms with Crippen LogP contribution in [0.2, 0.25) is 0 Å². The SMILES string of the molecule is COc1ccccc1C=NOCc1nc2c3c(C)c(C)n(-c4ccccn4)c3ncn2n1. The third-order valence-corrected chi connectivity index (χ3v) is 5.35. The van der Waals surface area contributed by atoms with Gasteiger partial charge in [-0.15, -0.1) is 5.10 Å². The van der Waals surface area contributed by atoms with Gasteiger partial charge in [-0.2, -0.15) is 0 Å². The highest BCUT2D eigenvalue weighted by molar-refractivity contribution is 5.94. The molecule has 0 unspecified atom stereocenters. The molecule has 0 saturated heterocycles. The van der Waals surface area contributed by atoms with E-state index < -0.39 is 0 Å². The minimum Gasteiger partial charge on any atom is -0.496 e. The Labute approximate surface area is 184 Å². The van der Waals surface area contributed by atoms with Gasteiger partial charge in [0.25, 0.3) is 0 Å². The Kier molecular flexibility index (Phi) is 4.98.